The zero-order valence-electron chi connectivity index (χ0n) is 33.5. The lowest BCUT2D eigenvalue weighted by Crippen LogP contribution is -2.74. The van der Waals surface area contributed by atoms with E-state index in [1.165, 1.54) is 0 Å². The Labute approximate surface area is 333 Å². The van der Waals surface area contributed by atoms with Crippen LogP contribution in [0.3, 0.4) is 0 Å². The monoisotopic (exact) mass is 770 g/mol. The smallest absolute Gasteiger partial charge is 0.262 e. The summed E-state index contributed by atoms with van der Waals surface area (Å²) in [5.41, 5.74) is 6.33. The van der Waals surface area contributed by atoms with E-state index in [2.05, 4.69) is 54.2 Å². The number of imide groups is 2. The topological polar surface area (TPSA) is 152 Å². The van der Waals surface area contributed by atoms with Crippen molar-refractivity contribution in [1.82, 2.24) is 20.4 Å². The van der Waals surface area contributed by atoms with E-state index in [-0.39, 0.29) is 47.6 Å². The number of amides is 5. The molecule has 12 nitrogen and oxygen atoms in total. The number of carbonyl (C=O) groups is 5. The third-order valence-electron chi connectivity index (χ3n) is 13.4. The first-order chi connectivity index (χ1) is 27.1. The third-order valence-corrected chi connectivity index (χ3v) is 13.4. The van der Waals surface area contributed by atoms with Gasteiger partial charge in [0.2, 0.25) is 11.8 Å². The summed E-state index contributed by atoms with van der Waals surface area (Å²) >= 11 is 0. The average molecular weight is 771 g/mol. The molecule has 0 bridgehead atoms. The van der Waals surface area contributed by atoms with Gasteiger partial charge in [0.15, 0.2) is 0 Å². The molecule has 3 aromatic carbocycles. The van der Waals surface area contributed by atoms with E-state index in [0.29, 0.717) is 41.3 Å². The molecule has 1 saturated carbocycles. The highest BCUT2D eigenvalue weighted by atomic mass is 16.5. The lowest BCUT2D eigenvalue weighted by atomic mass is 9.49. The molecule has 2 N–H and O–H groups in total. The van der Waals surface area contributed by atoms with Crippen LogP contribution < -0.4 is 20.3 Å². The number of benzene rings is 3. The molecule has 4 heterocycles. The Bertz CT molecular complexity index is 2190. The Balaban J connectivity index is 0.825. The second-order valence-corrected chi connectivity index (χ2v) is 17.8. The van der Waals surface area contributed by atoms with Gasteiger partial charge in [0.05, 0.1) is 22.8 Å². The van der Waals surface area contributed by atoms with Crippen molar-refractivity contribution in [3.05, 3.63) is 93.0 Å². The maximum Gasteiger partial charge on any atom is 0.262 e. The number of nitrogens with zero attached hydrogens (tertiary/aromatic N) is 4. The molecular weight excluding hydrogens is 721 g/mol. The molecule has 0 spiro atoms. The van der Waals surface area contributed by atoms with Crippen LogP contribution in [-0.4, -0.2) is 77.2 Å². The van der Waals surface area contributed by atoms with Crippen LogP contribution >= 0.6 is 0 Å². The lowest BCUT2D eigenvalue weighted by Gasteiger charge is -2.63. The second kappa shape index (κ2) is 14.1. The number of fused-ring (bicyclic) bond motifs is 2. The standard InChI is InChI=1S/C45H50N6O6/c1-25-26(2)36(13-9-29(25)21-46)57-43-44(3,4)42(45(43,5)6)48-38(53)28-7-10-32(11-8-28)50-17-15-27(16-18-50)22-49-23-30-19-33-34(20-31(30)24-49)41(56)51(40(33)55)35-12-14-37(52)47-39(35)54/h7-11,13,19-20,27,35,42-43H,12,14-18,22-24H2,1-6H3,(H,48,53)(H,47,52,54)/t35?,42-,43-. The molecule has 8 rings (SSSR count). The summed E-state index contributed by atoms with van der Waals surface area (Å²) in [6.07, 6.45) is 2.16. The van der Waals surface area contributed by atoms with Crippen molar-refractivity contribution in [1.29, 1.82) is 5.26 Å². The van der Waals surface area contributed by atoms with E-state index in [1.807, 2.05) is 56.3 Å². The molecule has 0 radical (unpaired) electrons. The van der Waals surface area contributed by atoms with Gasteiger partial charge >= 0.3 is 0 Å². The summed E-state index contributed by atoms with van der Waals surface area (Å²) in [4.78, 5) is 70.1. The van der Waals surface area contributed by atoms with Gasteiger partial charge in [-0.1, -0.05) is 27.7 Å². The van der Waals surface area contributed by atoms with Gasteiger partial charge in [0, 0.05) is 67.3 Å². The van der Waals surface area contributed by atoms with Gasteiger partial charge in [-0.3, -0.25) is 39.1 Å². The summed E-state index contributed by atoms with van der Waals surface area (Å²) in [5, 5.41) is 15.0. The van der Waals surface area contributed by atoms with E-state index in [9.17, 15) is 29.2 Å². The highest BCUT2D eigenvalue weighted by Gasteiger charge is 2.64. The maximum atomic E-state index is 13.6. The second-order valence-electron chi connectivity index (χ2n) is 17.8. The first kappa shape index (κ1) is 38.3. The van der Waals surface area contributed by atoms with Crippen molar-refractivity contribution in [2.24, 2.45) is 16.7 Å². The van der Waals surface area contributed by atoms with Crippen LogP contribution in [0, 0.1) is 41.9 Å². The fourth-order valence-electron chi connectivity index (χ4n) is 10.3. The summed E-state index contributed by atoms with van der Waals surface area (Å²) in [7, 11) is 0. The molecule has 1 atom stereocenters. The number of piperidine rings is 2. The number of nitrogens with one attached hydrogen (secondary N) is 2. The van der Waals surface area contributed by atoms with Crippen molar-refractivity contribution in [3.8, 4) is 11.8 Å². The molecular formula is C45H50N6O6. The van der Waals surface area contributed by atoms with Gasteiger partial charge in [0.25, 0.3) is 17.7 Å². The number of hydrogen-bond donors (Lipinski definition) is 2. The Morgan fingerprint density at radius 2 is 1.49 bits per heavy atom. The number of anilines is 1. The first-order valence-corrected chi connectivity index (χ1v) is 20.0. The van der Waals surface area contributed by atoms with Crippen molar-refractivity contribution >= 4 is 35.2 Å². The van der Waals surface area contributed by atoms with Gasteiger partial charge in [-0.2, -0.15) is 5.26 Å². The number of ether oxygens (including phenoxy) is 1. The molecule has 296 valence electrons. The fraction of sp³-hybridized carbons (Fsp3) is 0.467. The fourth-order valence-corrected chi connectivity index (χ4v) is 10.3. The van der Waals surface area contributed by atoms with Crippen LogP contribution in [0.4, 0.5) is 5.69 Å². The number of hydrogen-bond acceptors (Lipinski definition) is 9. The molecule has 12 heteroatoms. The summed E-state index contributed by atoms with van der Waals surface area (Å²) in [5.74, 6) is -0.756. The minimum atomic E-state index is -0.964. The Morgan fingerprint density at radius 1 is 0.877 bits per heavy atom. The van der Waals surface area contributed by atoms with Crippen molar-refractivity contribution in [3.63, 3.8) is 0 Å². The highest BCUT2D eigenvalue weighted by molar-refractivity contribution is 6.23. The number of nitriles is 1. The van der Waals surface area contributed by atoms with E-state index < -0.39 is 23.8 Å². The molecule has 3 aromatic rings. The minimum absolute atomic E-state index is 0.0960. The molecule has 0 aromatic heterocycles. The van der Waals surface area contributed by atoms with Crippen LogP contribution in [0.2, 0.25) is 0 Å². The molecule has 57 heavy (non-hydrogen) atoms. The van der Waals surface area contributed by atoms with Crippen LogP contribution in [-0.2, 0) is 22.7 Å². The minimum Gasteiger partial charge on any atom is -0.489 e. The van der Waals surface area contributed by atoms with Gasteiger partial charge < -0.3 is 15.0 Å². The van der Waals surface area contributed by atoms with Gasteiger partial charge in [0.1, 0.15) is 17.9 Å². The Morgan fingerprint density at radius 3 is 2.07 bits per heavy atom. The molecule has 4 aliphatic heterocycles. The van der Waals surface area contributed by atoms with Crippen LogP contribution in [0.25, 0.3) is 0 Å². The van der Waals surface area contributed by atoms with E-state index in [4.69, 9.17) is 4.74 Å². The third kappa shape index (κ3) is 6.55. The van der Waals surface area contributed by atoms with Gasteiger partial charge in [-0.05, 0) is 110 Å². The molecule has 1 unspecified atom stereocenters. The van der Waals surface area contributed by atoms with Crippen molar-refractivity contribution in [2.45, 2.75) is 98.5 Å². The van der Waals surface area contributed by atoms with E-state index in [0.717, 1.165) is 71.1 Å². The normalized spacial score (nSPS) is 24.1. The Hall–Kier alpha value is -5.54. The van der Waals surface area contributed by atoms with E-state index >= 15 is 0 Å². The summed E-state index contributed by atoms with van der Waals surface area (Å²) in [6.45, 7) is 16.6. The van der Waals surface area contributed by atoms with Crippen molar-refractivity contribution in [2.75, 3.05) is 24.5 Å². The van der Waals surface area contributed by atoms with Crippen molar-refractivity contribution < 1.29 is 28.7 Å². The summed E-state index contributed by atoms with van der Waals surface area (Å²) < 4.78 is 6.59. The molecule has 2 saturated heterocycles. The molecule has 5 amide bonds. The van der Waals surface area contributed by atoms with Crippen LogP contribution in [0.5, 0.6) is 5.75 Å². The number of carbonyl (C=O) groups excluding carboxylic acids is 5. The van der Waals surface area contributed by atoms with Gasteiger partial charge in [-0.25, -0.2) is 0 Å². The zero-order valence-corrected chi connectivity index (χ0v) is 33.5. The largest absolute Gasteiger partial charge is 0.489 e. The first-order valence-electron chi connectivity index (χ1n) is 20.0. The highest BCUT2D eigenvalue weighted by Crippen LogP contribution is 2.56. The molecule has 5 aliphatic rings. The predicted molar refractivity (Wildman–Crippen MR) is 212 cm³/mol. The van der Waals surface area contributed by atoms with E-state index in [1.54, 1.807) is 6.07 Å². The maximum absolute atomic E-state index is 13.6. The Kier molecular flexibility index (Phi) is 9.51. The quantitative estimate of drug-likeness (QED) is 0.286. The number of rotatable bonds is 8. The van der Waals surface area contributed by atoms with Gasteiger partial charge in [-0.15, -0.1) is 0 Å². The predicted octanol–water partition coefficient (Wildman–Crippen LogP) is 5.42. The SMILES string of the molecule is Cc1c(C#N)ccc(O[C@H]2C(C)(C)[C@H](NC(=O)c3ccc(N4CCC(CN5Cc6cc7c(cc6C5)C(=O)N(C5CCC(=O)NC5=O)C7=O)CC4)cc3)C2(C)C)c1C. The lowest BCUT2D eigenvalue weighted by molar-refractivity contribution is -0.164. The average Bonchev–Trinajstić information content (AvgIpc) is 3.69. The van der Waals surface area contributed by atoms with Crippen LogP contribution in [0.15, 0.2) is 48.5 Å². The van der Waals surface area contributed by atoms with Crippen LogP contribution in [0.1, 0.15) is 112 Å². The molecule has 1 aliphatic carbocycles. The zero-order chi connectivity index (χ0) is 40.6. The molecule has 3 fully saturated rings. The summed E-state index contributed by atoms with van der Waals surface area (Å²) in [6, 6.07) is 16.4.